The van der Waals surface area contributed by atoms with E-state index in [0.29, 0.717) is 34.6 Å². The first kappa shape index (κ1) is 20.4. The van der Waals surface area contributed by atoms with Crippen molar-refractivity contribution in [1.29, 1.82) is 0 Å². The van der Waals surface area contributed by atoms with Crippen LogP contribution in [0.15, 0.2) is 90.3 Å². The maximum absolute atomic E-state index is 13.5. The highest BCUT2D eigenvalue weighted by atomic mass is 16.5. The van der Waals surface area contributed by atoms with Gasteiger partial charge < -0.3 is 15.4 Å². The molecule has 164 valence electrons. The molecule has 3 heterocycles. The number of anilines is 2. The van der Waals surface area contributed by atoms with Crippen molar-refractivity contribution >= 4 is 17.7 Å². The van der Waals surface area contributed by atoms with E-state index in [1.54, 1.807) is 30.1 Å². The van der Waals surface area contributed by atoms with Crippen molar-refractivity contribution in [3.8, 4) is 17.1 Å². The summed E-state index contributed by atoms with van der Waals surface area (Å²) in [5.74, 6) is 2.03. The highest BCUT2D eigenvalue weighted by Gasteiger charge is 2.34. The van der Waals surface area contributed by atoms with Crippen LogP contribution in [0.1, 0.15) is 18.5 Å². The molecule has 8 nitrogen and oxygen atoms in total. The van der Waals surface area contributed by atoms with Gasteiger partial charge in [0.1, 0.15) is 17.6 Å². The van der Waals surface area contributed by atoms with E-state index >= 15 is 0 Å². The van der Waals surface area contributed by atoms with Gasteiger partial charge in [-0.2, -0.15) is 4.98 Å². The summed E-state index contributed by atoms with van der Waals surface area (Å²) in [6, 6.07) is 22.2. The Bertz CT molecular complexity index is 1330. The average molecular weight is 438 g/mol. The molecular formula is C25H22N6O2. The van der Waals surface area contributed by atoms with E-state index in [4.69, 9.17) is 14.8 Å². The van der Waals surface area contributed by atoms with E-state index in [2.05, 4.69) is 15.6 Å². The predicted octanol–water partition coefficient (Wildman–Crippen LogP) is 4.28. The molecule has 0 bridgehead atoms. The molecular weight excluding hydrogens is 416 g/mol. The van der Waals surface area contributed by atoms with E-state index in [9.17, 15) is 4.79 Å². The molecule has 1 unspecified atom stereocenters. The number of nitrogens with zero attached hydrogens (tertiary/aromatic N) is 4. The largest absolute Gasteiger partial charge is 0.497 e. The SMILES string of the molecule is COc1cccc(C2C(C(=O)Nc3ccccn3)=C(C)Nc3nc(-c4ccccc4)nn32)c1. The Morgan fingerprint density at radius 3 is 2.64 bits per heavy atom. The van der Waals surface area contributed by atoms with Crippen LogP contribution in [0, 0.1) is 0 Å². The molecule has 33 heavy (non-hydrogen) atoms. The molecule has 0 fully saturated rings. The number of methoxy groups -OCH3 is 1. The molecule has 0 aliphatic carbocycles. The number of fused-ring (bicyclic) bond motifs is 1. The van der Waals surface area contributed by atoms with E-state index in [1.807, 2.05) is 67.6 Å². The predicted molar refractivity (Wildman–Crippen MR) is 126 cm³/mol. The van der Waals surface area contributed by atoms with Gasteiger partial charge in [-0.25, -0.2) is 9.67 Å². The fourth-order valence-corrected chi connectivity index (χ4v) is 3.89. The van der Waals surface area contributed by atoms with Gasteiger partial charge in [-0.3, -0.25) is 4.79 Å². The number of allylic oxidation sites excluding steroid dienone is 1. The highest BCUT2D eigenvalue weighted by Crippen LogP contribution is 2.37. The Morgan fingerprint density at radius 1 is 1.06 bits per heavy atom. The number of carbonyl (C=O) groups excluding carboxylic acids is 1. The zero-order chi connectivity index (χ0) is 22.8. The third kappa shape index (κ3) is 3.94. The number of aromatic nitrogens is 4. The van der Waals surface area contributed by atoms with Crippen LogP contribution in [0.3, 0.4) is 0 Å². The van der Waals surface area contributed by atoms with Gasteiger partial charge in [-0.05, 0) is 36.8 Å². The third-order valence-corrected chi connectivity index (χ3v) is 5.45. The minimum atomic E-state index is -0.509. The molecule has 2 aromatic heterocycles. The Morgan fingerprint density at radius 2 is 1.88 bits per heavy atom. The van der Waals surface area contributed by atoms with Crippen molar-refractivity contribution in [3.63, 3.8) is 0 Å². The number of rotatable bonds is 5. The second-order valence-corrected chi connectivity index (χ2v) is 7.58. The summed E-state index contributed by atoms with van der Waals surface area (Å²) in [5.41, 5.74) is 2.96. The van der Waals surface area contributed by atoms with Crippen LogP contribution in [0.5, 0.6) is 5.75 Å². The normalized spacial score (nSPS) is 14.9. The van der Waals surface area contributed by atoms with E-state index in [1.165, 1.54) is 0 Å². The molecule has 0 spiro atoms. The number of nitrogens with one attached hydrogen (secondary N) is 2. The zero-order valence-corrected chi connectivity index (χ0v) is 18.2. The van der Waals surface area contributed by atoms with Crippen LogP contribution in [0.4, 0.5) is 11.8 Å². The summed E-state index contributed by atoms with van der Waals surface area (Å²) in [5, 5.41) is 10.9. The number of hydrogen-bond donors (Lipinski definition) is 2. The Kier molecular flexibility index (Phi) is 5.32. The molecule has 5 rings (SSSR count). The van der Waals surface area contributed by atoms with Gasteiger partial charge in [0.15, 0.2) is 5.82 Å². The Labute approximate surface area is 191 Å². The number of hydrogen-bond acceptors (Lipinski definition) is 6. The molecule has 2 N–H and O–H groups in total. The van der Waals surface area contributed by atoms with Gasteiger partial charge >= 0.3 is 0 Å². The lowest BCUT2D eigenvalue weighted by Crippen LogP contribution is -2.31. The first-order chi connectivity index (χ1) is 16.1. The number of pyridine rings is 1. The summed E-state index contributed by atoms with van der Waals surface area (Å²) >= 11 is 0. The summed E-state index contributed by atoms with van der Waals surface area (Å²) in [6.07, 6.45) is 1.64. The molecule has 8 heteroatoms. The smallest absolute Gasteiger partial charge is 0.257 e. The van der Waals surface area contributed by atoms with Crippen LogP contribution in [0.2, 0.25) is 0 Å². The monoisotopic (exact) mass is 438 g/mol. The van der Waals surface area contributed by atoms with Crippen molar-refractivity contribution in [3.05, 3.63) is 95.8 Å². The van der Waals surface area contributed by atoms with Crippen molar-refractivity contribution in [1.82, 2.24) is 19.7 Å². The molecule has 1 aliphatic rings. The minimum Gasteiger partial charge on any atom is -0.497 e. The summed E-state index contributed by atoms with van der Waals surface area (Å²) < 4.78 is 7.19. The van der Waals surface area contributed by atoms with Gasteiger partial charge in [0.2, 0.25) is 5.95 Å². The number of carbonyl (C=O) groups is 1. The lowest BCUT2D eigenvalue weighted by atomic mass is 9.95. The van der Waals surface area contributed by atoms with Crippen molar-refractivity contribution in [2.75, 3.05) is 17.7 Å². The van der Waals surface area contributed by atoms with Gasteiger partial charge in [-0.15, -0.1) is 5.10 Å². The first-order valence-electron chi connectivity index (χ1n) is 10.5. The van der Waals surface area contributed by atoms with Crippen LogP contribution >= 0.6 is 0 Å². The van der Waals surface area contributed by atoms with E-state index < -0.39 is 6.04 Å². The second kappa shape index (κ2) is 8.58. The van der Waals surface area contributed by atoms with Crippen LogP contribution < -0.4 is 15.4 Å². The lowest BCUT2D eigenvalue weighted by molar-refractivity contribution is -0.113. The van der Waals surface area contributed by atoms with Gasteiger partial charge in [-0.1, -0.05) is 48.5 Å². The third-order valence-electron chi connectivity index (χ3n) is 5.45. The maximum atomic E-state index is 13.5. The number of ether oxygens (including phenoxy) is 1. The van der Waals surface area contributed by atoms with Crippen LogP contribution in [0.25, 0.3) is 11.4 Å². The first-order valence-corrected chi connectivity index (χ1v) is 10.5. The van der Waals surface area contributed by atoms with E-state index in [0.717, 1.165) is 11.1 Å². The van der Waals surface area contributed by atoms with Gasteiger partial charge in [0.05, 0.1) is 12.7 Å². The molecule has 0 saturated carbocycles. The molecule has 0 saturated heterocycles. The Hall–Kier alpha value is -4.46. The van der Waals surface area contributed by atoms with Crippen molar-refractivity contribution in [2.45, 2.75) is 13.0 Å². The fraction of sp³-hybridized carbons (Fsp3) is 0.120. The van der Waals surface area contributed by atoms with Crippen LogP contribution in [-0.2, 0) is 4.79 Å². The Balaban J connectivity index is 1.62. The minimum absolute atomic E-state index is 0.270. The van der Waals surface area contributed by atoms with Gasteiger partial charge in [0, 0.05) is 17.5 Å². The molecule has 0 radical (unpaired) electrons. The zero-order valence-electron chi connectivity index (χ0n) is 18.2. The molecule has 4 aromatic rings. The fourth-order valence-electron chi connectivity index (χ4n) is 3.89. The van der Waals surface area contributed by atoms with Gasteiger partial charge in [0.25, 0.3) is 5.91 Å². The molecule has 1 amide bonds. The quantitative estimate of drug-likeness (QED) is 0.483. The van der Waals surface area contributed by atoms with E-state index in [-0.39, 0.29) is 5.91 Å². The lowest BCUT2D eigenvalue weighted by Gasteiger charge is -2.28. The summed E-state index contributed by atoms with van der Waals surface area (Å²) in [7, 11) is 1.62. The maximum Gasteiger partial charge on any atom is 0.257 e. The van der Waals surface area contributed by atoms with Crippen molar-refractivity contribution < 1.29 is 9.53 Å². The van der Waals surface area contributed by atoms with Crippen molar-refractivity contribution in [2.24, 2.45) is 0 Å². The number of amides is 1. The van der Waals surface area contributed by atoms with Crippen LogP contribution in [-0.4, -0.2) is 32.8 Å². The topological polar surface area (TPSA) is 94.0 Å². The average Bonchev–Trinajstić information content (AvgIpc) is 3.28. The summed E-state index contributed by atoms with van der Waals surface area (Å²) in [6.45, 7) is 1.86. The number of benzene rings is 2. The molecule has 2 aromatic carbocycles. The highest BCUT2D eigenvalue weighted by molar-refractivity contribution is 6.05. The summed E-state index contributed by atoms with van der Waals surface area (Å²) in [4.78, 5) is 22.4. The molecule has 1 atom stereocenters. The molecule has 1 aliphatic heterocycles. The standard InChI is InChI=1S/C25H22N6O2/c1-16-21(24(32)28-20-13-6-7-14-26-20)22(18-11-8-12-19(15-18)33-2)31-25(27-16)29-23(30-31)17-9-4-3-5-10-17/h3-15,22H,1-2H3,(H,26,28,32)(H,27,29,30). The second-order valence-electron chi connectivity index (χ2n) is 7.58.